The van der Waals surface area contributed by atoms with Gasteiger partial charge in [-0.3, -0.25) is 0 Å². The van der Waals surface area contributed by atoms with E-state index >= 15 is 0 Å². The van der Waals surface area contributed by atoms with Crippen LogP contribution in [0.1, 0.15) is 77.6 Å². The smallest absolute Gasteiger partial charge is 0.237 e. The maximum Gasteiger partial charge on any atom is 0.244 e. The molecule has 0 N–H and O–H groups in total. The van der Waals surface area contributed by atoms with Crippen LogP contribution >= 0.6 is 0 Å². The van der Waals surface area contributed by atoms with E-state index in [1.54, 1.807) is 0 Å². The number of nitrogens with zero attached hydrogens (tertiary/aromatic N) is 2. The zero-order valence-electron chi connectivity index (χ0n) is 18.0. The summed E-state index contributed by atoms with van der Waals surface area (Å²) in [6.07, 6.45) is 21.2. The largest absolute Gasteiger partial charge is 0.244 e. The molecule has 0 fully saturated rings. The monoisotopic (exact) mass is 375 g/mol. The van der Waals surface area contributed by atoms with Crippen LogP contribution in [-0.4, -0.2) is 12.6 Å². The fourth-order valence-corrected chi connectivity index (χ4v) is 4.51. The minimum atomic E-state index is -0.804. The third-order valence-corrected chi connectivity index (χ3v) is 6.73. The summed E-state index contributed by atoms with van der Waals surface area (Å²) in [5.41, 5.74) is 0. The molecule has 0 saturated carbocycles. The second-order valence-electron chi connectivity index (χ2n) is 8.92. The number of unbranched alkanes of at least 4 members (excludes halogenated alkanes) is 9. The summed E-state index contributed by atoms with van der Waals surface area (Å²) < 4.78 is 4.51. The average Bonchev–Trinajstić information content (AvgIpc) is 3.03. The van der Waals surface area contributed by atoms with E-state index in [4.69, 9.17) is 0 Å². The molecule has 1 rings (SSSR count). The molecule has 0 aliphatic carbocycles. The molecule has 148 valence electrons. The Bertz CT molecular complexity index is 516. The van der Waals surface area contributed by atoms with Gasteiger partial charge in [0.25, 0.3) is 0 Å². The van der Waals surface area contributed by atoms with Crippen LogP contribution in [0.25, 0.3) is 0 Å². The summed E-state index contributed by atoms with van der Waals surface area (Å²) in [6.45, 7) is 11.7. The molecule has 0 atom stereocenters. The van der Waals surface area contributed by atoms with Crippen molar-refractivity contribution in [1.82, 2.24) is 4.57 Å². The average molecular weight is 376 g/mol. The topological polar surface area (TPSA) is 8.81 Å². The number of rotatable bonds is 14. The fraction of sp³-hybridized carbons (Fsp3) is 0.783. The highest BCUT2D eigenvalue weighted by Gasteiger charge is 2.11. The first kappa shape index (κ1) is 23.0. The van der Waals surface area contributed by atoms with Gasteiger partial charge in [-0.05, 0) is 19.3 Å². The zero-order chi connectivity index (χ0) is 19.1. The van der Waals surface area contributed by atoms with Crippen molar-refractivity contribution in [2.45, 2.75) is 116 Å². The molecule has 0 saturated heterocycles. The normalized spacial score (nSPS) is 11.4. The van der Waals surface area contributed by atoms with E-state index in [-0.39, 0.29) is 0 Å². The minimum absolute atomic E-state index is 0.804. The number of hydrogen-bond acceptors (Lipinski definition) is 0. The molecule has 3 heteroatoms. The Kier molecular flexibility index (Phi) is 12.5. The molecular weight excluding hydrogens is 332 g/mol. The first-order valence-corrected chi connectivity index (χ1v) is 14.7. The van der Waals surface area contributed by atoms with E-state index < -0.39 is 8.07 Å². The number of aryl methyl sites for hydroxylation is 1. The Balaban J connectivity index is 2.00. The molecule has 26 heavy (non-hydrogen) atoms. The summed E-state index contributed by atoms with van der Waals surface area (Å²) in [5, 5.41) is 0. The lowest BCUT2D eigenvalue weighted by atomic mass is 10.1. The Labute approximate surface area is 164 Å². The van der Waals surface area contributed by atoms with Crippen molar-refractivity contribution < 1.29 is 4.57 Å². The van der Waals surface area contributed by atoms with Crippen LogP contribution in [0.3, 0.4) is 0 Å². The van der Waals surface area contributed by atoms with Crippen LogP contribution in [0.2, 0.25) is 25.7 Å². The van der Waals surface area contributed by atoms with Gasteiger partial charge in [-0.2, -0.15) is 0 Å². The maximum atomic E-state index is 3.29. The van der Waals surface area contributed by atoms with Crippen molar-refractivity contribution in [3.63, 3.8) is 0 Å². The highest BCUT2D eigenvalue weighted by atomic mass is 28.3. The van der Waals surface area contributed by atoms with E-state index in [0.717, 1.165) is 19.5 Å². The van der Waals surface area contributed by atoms with Gasteiger partial charge in [-0.15, -0.1) is 0 Å². The molecule has 0 amide bonds. The van der Waals surface area contributed by atoms with Crippen molar-refractivity contribution in [1.29, 1.82) is 0 Å². The molecule has 2 nitrogen and oxygen atoms in total. The summed E-state index contributed by atoms with van der Waals surface area (Å²) in [6, 6.07) is 1.50. The van der Waals surface area contributed by atoms with Crippen LogP contribution < -0.4 is 4.57 Å². The lowest BCUT2D eigenvalue weighted by Crippen LogP contribution is -2.30. The van der Waals surface area contributed by atoms with E-state index in [2.05, 4.69) is 66.3 Å². The molecule has 0 bridgehead atoms. The van der Waals surface area contributed by atoms with E-state index in [1.807, 2.05) is 0 Å². The van der Waals surface area contributed by atoms with E-state index in [9.17, 15) is 0 Å². The van der Waals surface area contributed by atoms with Gasteiger partial charge in [-0.1, -0.05) is 89.4 Å². The Morgan fingerprint density at radius 2 is 1.54 bits per heavy atom. The molecule has 0 unspecified atom stereocenters. The van der Waals surface area contributed by atoms with Gasteiger partial charge in [0.15, 0.2) is 6.54 Å². The standard InChI is InChI=1S/C23H43N2Si/c1-5-6-7-8-12-15-18-24-20-21-25(23-24)19-16-13-10-9-11-14-17-22-26(2,3)4/h20-21,23H,5-11,13-14,16-19,22H2,1-4H3/q+1. The van der Waals surface area contributed by atoms with E-state index in [1.165, 1.54) is 70.3 Å². The molecule has 1 aromatic rings. The SMILES string of the molecule is CCCCCC#CCn1cc[n+](CCCCCCCCC[Si](C)(C)C)c1. The van der Waals surface area contributed by atoms with Crippen LogP contribution in [0.5, 0.6) is 0 Å². The Hall–Kier alpha value is -1.01. The first-order chi connectivity index (χ1) is 12.5. The number of hydrogen-bond donors (Lipinski definition) is 0. The van der Waals surface area contributed by atoms with Gasteiger partial charge < -0.3 is 0 Å². The second-order valence-corrected chi connectivity index (χ2v) is 14.5. The molecule has 0 aromatic carbocycles. The zero-order valence-corrected chi connectivity index (χ0v) is 19.0. The van der Waals surface area contributed by atoms with Crippen LogP contribution in [0.15, 0.2) is 18.7 Å². The Morgan fingerprint density at radius 3 is 2.23 bits per heavy atom. The molecule has 0 spiro atoms. The fourth-order valence-electron chi connectivity index (χ4n) is 3.20. The predicted octanol–water partition coefficient (Wildman–Crippen LogP) is 6.43. The molecule has 0 aliphatic heterocycles. The van der Waals surface area contributed by atoms with Crippen molar-refractivity contribution in [2.24, 2.45) is 0 Å². The molecule has 1 heterocycles. The van der Waals surface area contributed by atoms with Crippen molar-refractivity contribution in [3.05, 3.63) is 18.7 Å². The summed E-state index contributed by atoms with van der Waals surface area (Å²) >= 11 is 0. The predicted molar refractivity (Wildman–Crippen MR) is 117 cm³/mol. The van der Waals surface area contributed by atoms with Gasteiger partial charge in [-0.25, -0.2) is 9.13 Å². The third kappa shape index (κ3) is 13.2. The maximum absolute atomic E-state index is 3.29. The van der Waals surface area contributed by atoms with Crippen molar-refractivity contribution >= 4 is 8.07 Å². The van der Waals surface area contributed by atoms with E-state index in [0.29, 0.717) is 0 Å². The highest BCUT2D eigenvalue weighted by Crippen LogP contribution is 2.15. The summed E-state index contributed by atoms with van der Waals surface area (Å²) in [5.74, 6) is 6.57. The second kappa shape index (κ2) is 14.1. The van der Waals surface area contributed by atoms with Gasteiger partial charge in [0.2, 0.25) is 6.33 Å². The minimum Gasteiger partial charge on any atom is -0.237 e. The highest BCUT2D eigenvalue weighted by molar-refractivity contribution is 6.76. The Morgan fingerprint density at radius 1 is 0.846 bits per heavy atom. The van der Waals surface area contributed by atoms with Gasteiger partial charge in [0, 0.05) is 14.5 Å². The van der Waals surface area contributed by atoms with Crippen LogP contribution in [0.4, 0.5) is 0 Å². The lowest BCUT2D eigenvalue weighted by Gasteiger charge is -2.14. The van der Waals surface area contributed by atoms with Crippen molar-refractivity contribution in [2.75, 3.05) is 0 Å². The molecule has 1 aromatic heterocycles. The molecule has 0 aliphatic rings. The number of imidazole rings is 1. The van der Waals surface area contributed by atoms with Gasteiger partial charge in [0.1, 0.15) is 12.4 Å². The van der Waals surface area contributed by atoms with Crippen molar-refractivity contribution in [3.8, 4) is 11.8 Å². The quantitative estimate of drug-likeness (QED) is 0.153. The van der Waals surface area contributed by atoms with Crippen LogP contribution in [-0.2, 0) is 13.1 Å². The van der Waals surface area contributed by atoms with Gasteiger partial charge >= 0.3 is 0 Å². The summed E-state index contributed by atoms with van der Waals surface area (Å²) in [4.78, 5) is 0. The van der Waals surface area contributed by atoms with Crippen LogP contribution in [0, 0.1) is 11.8 Å². The summed E-state index contributed by atoms with van der Waals surface area (Å²) in [7, 11) is -0.804. The first-order valence-electron chi connectivity index (χ1n) is 11.0. The molecule has 0 radical (unpaired) electrons. The molecular formula is C23H43N2Si+. The van der Waals surface area contributed by atoms with Gasteiger partial charge in [0.05, 0.1) is 6.54 Å². The third-order valence-electron chi connectivity index (χ3n) is 4.88. The lowest BCUT2D eigenvalue weighted by molar-refractivity contribution is -0.696. The number of aromatic nitrogens is 2.